The highest BCUT2D eigenvalue weighted by Gasteiger charge is 2.41. The Labute approximate surface area is 163 Å². The first-order chi connectivity index (χ1) is 13.6. The van der Waals surface area contributed by atoms with E-state index >= 15 is 0 Å². The van der Waals surface area contributed by atoms with Gasteiger partial charge in [-0.05, 0) is 25.0 Å². The predicted octanol–water partition coefficient (Wildman–Crippen LogP) is 1.44. The molecule has 1 aromatic rings. The number of hydrogen-bond donors (Lipinski definition) is 2. The summed E-state index contributed by atoms with van der Waals surface area (Å²) in [5.74, 6) is 0.824. The molecule has 8 heteroatoms. The first kappa shape index (κ1) is 18.6. The van der Waals surface area contributed by atoms with Gasteiger partial charge in [0.1, 0.15) is 12.7 Å². The van der Waals surface area contributed by atoms with Crippen LogP contribution in [0.25, 0.3) is 0 Å². The molecular weight excluding hydrogens is 362 g/mol. The Bertz CT molecular complexity index is 768. The van der Waals surface area contributed by atoms with Gasteiger partial charge < -0.3 is 20.1 Å². The fourth-order valence-electron chi connectivity index (χ4n) is 4.04. The van der Waals surface area contributed by atoms with Crippen molar-refractivity contribution < 1.29 is 23.9 Å². The minimum absolute atomic E-state index is 0.0508. The van der Waals surface area contributed by atoms with E-state index in [4.69, 9.17) is 9.47 Å². The molecule has 28 heavy (non-hydrogen) atoms. The molecule has 0 spiro atoms. The van der Waals surface area contributed by atoms with Crippen LogP contribution < -0.4 is 20.1 Å². The summed E-state index contributed by atoms with van der Waals surface area (Å²) in [4.78, 5) is 38.2. The van der Waals surface area contributed by atoms with Gasteiger partial charge in [0.05, 0.1) is 12.5 Å². The zero-order valence-corrected chi connectivity index (χ0v) is 15.7. The Kier molecular flexibility index (Phi) is 5.36. The minimum Gasteiger partial charge on any atom is -0.486 e. The first-order valence-corrected chi connectivity index (χ1v) is 9.89. The van der Waals surface area contributed by atoms with Crippen molar-refractivity contribution in [3.63, 3.8) is 0 Å². The normalized spacial score (nSPS) is 26.3. The summed E-state index contributed by atoms with van der Waals surface area (Å²) < 4.78 is 11.4. The van der Waals surface area contributed by atoms with E-state index < -0.39 is 0 Å². The van der Waals surface area contributed by atoms with Gasteiger partial charge in [-0.3, -0.25) is 14.5 Å². The molecule has 3 aliphatic rings. The fraction of sp³-hybridized carbons (Fsp3) is 0.550. The molecule has 4 amide bonds. The third-order valence-corrected chi connectivity index (χ3v) is 5.56. The SMILES string of the molecule is O=C(CCN1C(=O)NC2CCCCC2C1=O)NCC1COc2ccccc2O1. The summed E-state index contributed by atoms with van der Waals surface area (Å²) >= 11 is 0. The molecule has 1 aliphatic carbocycles. The number of urea groups is 1. The standard InChI is InChI=1S/C20H25N3O5/c24-18(21-11-13-12-27-16-7-3-4-8-17(16)28-13)9-10-23-19(25)14-5-1-2-6-15(14)22-20(23)26/h3-4,7-8,13-15H,1-2,5-6,9-12H2,(H,21,24)(H,22,26). The zero-order valence-electron chi connectivity index (χ0n) is 15.7. The molecule has 1 saturated heterocycles. The number of hydrogen-bond acceptors (Lipinski definition) is 5. The number of amides is 4. The quantitative estimate of drug-likeness (QED) is 0.797. The Morgan fingerprint density at radius 3 is 2.82 bits per heavy atom. The molecule has 2 heterocycles. The van der Waals surface area contributed by atoms with Crippen LogP contribution in [0.3, 0.4) is 0 Å². The van der Waals surface area contributed by atoms with Crippen LogP contribution in [0.15, 0.2) is 24.3 Å². The summed E-state index contributed by atoms with van der Waals surface area (Å²) in [7, 11) is 0. The smallest absolute Gasteiger partial charge is 0.324 e. The van der Waals surface area contributed by atoms with E-state index in [0.717, 1.165) is 25.7 Å². The Hall–Kier alpha value is -2.77. The van der Waals surface area contributed by atoms with E-state index in [1.165, 1.54) is 4.90 Å². The van der Waals surface area contributed by atoms with Crippen LogP contribution in [-0.4, -0.2) is 54.6 Å². The number of carbonyl (C=O) groups excluding carboxylic acids is 3. The maximum Gasteiger partial charge on any atom is 0.324 e. The molecule has 2 aliphatic heterocycles. The number of nitrogens with one attached hydrogen (secondary N) is 2. The Balaban J connectivity index is 1.23. The molecule has 2 N–H and O–H groups in total. The van der Waals surface area contributed by atoms with E-state index in [1.807, 2.05) is 24.3 Å². The van der Waals surface area contributed by atoms with E-state index in [-0.39, 0.29) is 48.9 Å². The molecule has 3 unspecified atom stereocenters. The van der Waals surface area contributed by atoms with Gasteiger partial charge >= 0.3 is 6.03 Å². The lowest BCUT2D eigenvalue weighted by atomic mass is 9.82. The molecule has 0 radical (unpaired) electrons. The van der Waals surface area contributed by atoms with E-state index in [0.29, 0.717) is 24.7 Å². The zero-order chi connectivity index (χ0) is 19.5. The monoisotopic (exact) mass is 387 g/mol. The highest BCUT2D eigenvalue weighted by Crippen LogP contribution is 2.31. The molecule has 150 valence electrons. The van der Waals surface area contributed by atoms with Crippen molar-refractivity contribution in [1.82, 2.24) is 15.5 Å². The van der Waals surface area contributed by atoms with Crippen molar-refractivity contribution in [1.29, 1.82) is 0 Å². The van der Waals surface area contributed by atoms with E-state index in [1.54, 1.807) is 0 Å². The summed E-state index contributed by atoms with van der Waals surface area (Å²) in [5, 5.41) is 5.71. The van der Waals surface area contributed by atoms with Gasteiger partial charge in [-0.2, -0.15) is 0 Å². The number of imide groups is 1. The third-order valence-electron chi connectivity index (χ3n) is 5.56. The van der Waals surface area contributed by atoms with Crippen LogP contribution in [0.4, 0.5) is 4.79 Å². The minimum atomic E-state index is -0.387. The Morgan fingerprint density at radius 1 is 1.18 bits per heavy atom. The van der Waals surface area contributed by atoms with Crippen molar-refractivity contribution in [3.8, 4) is 11.5 Å². The summed E-state index contributed by atoms with van der Waals surface area (Å²) in [5.41, 5.74) is 0. The van der Waals surface area contributed by atoms with Crippen LogP contribution in [0, 0.1) is 5.92 Å². The Morgan fingerprint density at radius 2 is 1.96 bits per heavy atom. The molecule has 0 aromatic heterocycles. The van der Waals surface area contributed by atoms with Crippen molar-refractivity contribution in [3.05, 3.63) is 24.3 Å². The molecule has 4 rings (SSSR count). The second-order valence-electron chi connectivity index (χ2n) is 7.49. The van der Waals surface area contributed by atoms with Gasteiger partial charge in [0.15, 0.2) is 11.5 Å². The molecule has 0 bridgehead atoms. The maximum atomic E-state index is 12.6. The van der Waals surface area contributed by atoms with Crippen molar-refractivity contribution >= 4 is 17.8 Å². The van der Waals surface area contributed by atoms with Gasteiger partial charge in [0.25, 0.3) is 0 Å². The van der Waals surface area contributed by atoms with Crippen molar-refractivity contribution in [2.75, 3.05) is 19.7 Å². The molecule has 1 aromatic carbocycles. The van der Waals surface area contributed by atoms with E-state index in [9.17, 15) is 14.4 Å². The van der Waals surface area contributed by atoms with Crippen LogP contribution in [0.2, 0.25) is 0 Å². The lowest BCUT2D eigenvalue weighted by Crippen LogP contribution is -2.61. The number of para-hydroxylation sites is 2. The topological polar surface area (TPSA) is 97.0 Å². The predicted molar refractivity (Wildman–Crippen MR) is 100.0 cm³/mol. The summed E-state index contributed by atoms with van der Waals surface area (Å²) in [6.07, 6.45) is 3.48. The molecule has 8 nitrogen and oxygen atoms in total. The van der Waals surface area contributed by atoms with Gasteiger partial charge in [0.2, 0.25) is 11.8 Å². The lowest BCUT2D eigenvalue weighted by Gasteiger charge is -2.39. The first-order valence-electron chi connectivity index (χ1n) is 9.89. The highest BCUT2D eigenvalue weighted by molar-refractivity contribution is 5.99. The molecule has 1 saturated carbocycles. The number of benzene rings is 1. The number of carbonyl (C=O) groups is 3. The maximum absolute atomic E-state index is 12.6. The third kappa shape index (κ3) is 3.90. The summed E-state index contributed by atoms with van der Waals surface area (Å²) in [6.45, 7) is 0.746. The highest BCUT2D eigenvalue weighted by atomic mass is 16.6. The van der Waals surface area contributed by atoms with Gasteiger partial charge in [-0.1, -0.05) is 25.0 Å². The van der Waals surface area contributed by atoms with Crippen LogP contribution in [-0.2, 0) is 9.59 Å². The molecule has 2 fully saturated rings. The molecular formula is C20H25N3O5. The lowest BCUT2D eigenvalue weighted by molar-refractivity contribution is -0.136. The number of ether oxygens (including phenoxy) is 2. The average Bonchev–Trinajstić information content (AvgIpc) is 2.72. The van der Waals surface area contributed by atoms with Crippen LogP contribution in [0.1, 0.15) is 32.1 Å². The molecule has 3 atom stereocenters. The van der Waals surface area contributed by atoms with Gasteiger partial charge in [0, 0.05) is 19.0 Å². The van der Waals surface area contributed by atoms with Crippen LogP contribution in [0.5, 0.6) is 11.5 Å². The van der Waals surface area contributed by atoms with Gasteiger partial charge in [-0.25, -0.2) is 4.79 Å². The van der Waals surface area contributed by atoms with Crippen LogP contribution >= 0.6 is 0 Å². The number of nitrogens with zero attached hydrogens (tertiary/aromatic N) is 1. The second kappa shape index (κ2) is 8.08. The fourth-order valence-corrected chi connectivity index (χ4v) is 4.04. The van der Waals surface area contributed by atoms with E-state index in [2.05, 4.69) is 10.6 Å². The average molecular weight is 387 g/mol. The van der Waals surface area contributed by atoms with Gasteiger partial charge in [-0.15, -0.1) is 0 Å². The number of fused-ring (bicyclic) bond motifs is 2. The van der Waals surface area contributed by atoms with Crippen molar-refractivity contribution in [2.45, 2.75) is 44.2 Å². The second-order valence-corrected chi connectivity index (χ2v) is 7.49. The summed E-state index contributed by atoms with van der Waals surface area (Å²) in [6, 6.07) is 6.95. The van der Waals surface area contributed by atoms with Crippen molar-refractivity contribution in [2.24, 2.45) is 5.92 Å². The number of rotatable bonds is 5. The largest absolute Gasteiger partial charge is 0.486 e.